The number of nitrogens with zero attached hydrogens (tertiary/aromatic N) is 4. The van der Waals surface area contributed by atoms with Gasteiger partial charge in [0.05, 0.1) is 11.4 Å². The summed E-state index contributed by atoms with van der Waals surface area (Å²) in [7, 11) is -11.1. The van der Waals surface area contributed by atoms with Crippen LogP contribution in [-0.2, 0) is 26.8 Å². The van der Waals surface area contributed by atoms with Crippen molar-refractivity contribution in [2.24, 2.45) is 0 Å². The van der Waals surface area contributed by atoms with E-state index in [1.165, 1.54) is 0 Å². The lowest BCUT2D eigenvalue weighted by Crippen LogP contribution is -2.40. The molecule has 0 aliphatic carbocycles. The Hall–Kier alpha value is -0.610. The minimum Gasteiger partial charge on any atom is -0.324 e. The van der Waals surface area contributed by atoms with E-state index in [1.54, 1.807) is 32.9 Å². The number of hydrogen-bond acceptors (Lipinski definition) is 7. The van der Waals surface area contributed by atoms with Gasteiger partial charge < -0.3 is 19.6 Å². The molecular formula is C14H26N4O8P3+. The molecule has 0 fully saturated rings. The lowest BCUT2D eigenvalue weighted by molar-refractivity contribution is 0.186. The molecule has 0 amide bonds. The van der Waals surface area contributed by atoms with Gasteiger partial charge in [0.1, 0.15) is 12.6 Å². The second-order valence-electron chi connectivity index (χ2n) is 6.95. The lowest BCUT2D eigenvalue weighted by atomic mass is 10.2. The van der Waals surface area contributed by atoms with E-state index in [4.69, 9.17) is 0 Å². The minimum atomic E-state index is -4.32. The van der Waals surface area contributed by atoms with E-state index >= 15 is 0 Å². The number of aromatic nitrogens is 1. The average Bonchev–Trinajstić information content (AvgIpc) is 2.53. The number of fused-ring (bicyclic) bond motifs is 2. The largest absolute Gasteiger partial charge is 0.521 e. The molecule has 0 spiro atoms. The van der Waals surface area contributed by atoms with Crippen LogP contribution < -0.4 is 0 Å². The fourth-order valence-corrected chi connectivity index (χ4v) is 5.22. The van der Waals surface area contributed by atoms with Crippen LogP contribution in [0.25, 0.3) is 0 Å². The Morgan fingerprint density at radius 2 is 1.28 bits per heavy atom. The van der Waals surface area contributed by atoms with Crippen molar-refractivity contribution >= 4 is 23.2 Å². The SMILES string of the molecule is O=[P+](O)CN1CCN(CP(=O)(O)O)Cc2cccc(n2)CN(CP(=O)(O)O)CC1. The van der Waals surface area contributed by atoms with E-state index in [-0.39, 0.29) is 45.6 Å². The fraction of sp³-hybridized carbons (Fsp3) is 0.643. The predicted octanol–water partition coefficient (Wildman–Crippen LogP) is -0.0362. The zero-order valence-corrected chi connectivity index (χ0v) is 18.4. The summed E-state index contributed by atoms with van der Waals surface area (Å²) in [5.74, 6) is 0. The van der Waals surface area contributed by atoms with Crippen LogP contribution >= 0.6 is 23.2 Å². The van der Waals surface area contributed by atoms with Crippen LogP contribution in [0.2, 0.25) is 0 Å². The molecule has 15 heteroatoms. The molecule has 0 saturated heterocycles. The van der Waals surface area contributed by atoms with Crippen LogP contribution in [0.3, 0.4) is 0 Å². The Balaban J connectivity index is 2.29. The molecule has 164 valence electrons. The molecule has 1 aromatic rings. The molecule has 2 heterocycles. The van der Waals surface area contributed by atoms with Gasteiger partial charge in [0.2, 0.25) is 6.29 Å². The zero-order chi connectivity index (χ0) is 21.7. The highest BCUT2D eigenvalue weighted by molar-refractivity contribution is 7.51. The molecule has 0 aromatic carbocycles. The van der Waals surface area contributed by atoms with Crippen molar-refractivity contribution in [1.29, 1.82) is 0 Å². The van der Waals surface area contributed by atoms with Crippen molar-refractivity contribution in [3.8, 4) is 0 Å². The predicted molar refractivity (Wildman–Crippen MR) is 105 cm³/mol. The van der Waals surface area contributed by atoms with Crippen molar-refractivity contribution in [1.82, 2.24) is 19.7 Å². The molecule has 0 radical (unpaired) electrons. The maximum Gasteiger partial charge on any atom is 0.521 e. The molecule has 5 N–H and O–H groups in total. The van der Waals surface area contributed by atoms with Gasteiger partial charge in [-0.05, 0) is 16.7 Å². The van der Waals surface area contributed by atoms with E-state index in [0.717, 1.165) is 0 Å². The van der Waals surface area contributed by atoms with Crippen LogP contribution in [0, 0.1) is 0 Å². The third-order valence-electron chi connectivity index (χ3n) is 4.19. The maximum atomic E-state index is 11.5. The summed E-state index contributed by atoms with van der Waals surface area (Å²) in [6.45, 7) is 1.28. The zero-order valence-electron chi connectivity index (χ0n) is 15.7. The molecule has 1 unspecified atom stereocenters. The van der Waals surface area contributed by atoms with Gasteiger partial charge in [0.25, 0.3) is 0 Å². The van der Waals surface area contributed by atoms with Crippen LogP contribution in [-0.4, -0.2) is 89.2 Å². The van der Waals surface area contributed by atoms with Gasteiger partial charge in [-0.1, -0.05) is 6.07 Å². The van der Waals surface area contributed by atoms with Gasteiger partial charge in [-0.25, -0.2) is 0 Å². The summed E-state index contributed by atoms with van der Waals surface area (Å²) in [6, 6.07) is 5.15. The topological polar surface area (TPSA) is 175 Å². The van der Waals surface area contributed by atoms with Crippen molar-refractivity contribution in [3.63, 3.8) is 0 Å². The van der Waals surface area contributed by atoms with Crippen LogP contribution in [0.5, 0.6) is 0 Å². The third-order valence-corrected chi connectivity index (χ3v) is 6.37. The first-order valence-corrected chi connectivity index (χ1v) is 13.7. The standard InChI is InChI=1S/C14H25N4O8P3/c19-27(20)10-16-4-6-17(11-28(21,22)23)8-13-2-1-3-14(15-13)9-18(7-5-16)12-29(24,25)26/h1-3H,4-12H2,(H4-,19,20,21,22,23,24,25,26)/p+1. The van der Waals surface area contributed by atoms with Gasteiger partial charge >= 0.3 is 23.2 Å². The molecule has 2 rings (SSSR count). The first-order valence-electron chi connectivity index (χ1n) is 8.74. The van der Waals surface area contributed by atoms with E-state index in [9.17, 15) is 38.2 Å². The van der Waals surface area contributed by atoms with E-state index in [0.29, 0.717) is 11.4 Å². The molecule has 1 aliphatic heterocycles. The van der Waals surface area contributed by atoms with Gasteiger partial charge in [-0.2, -0.15) is 4.89 Å². The third kappa shape index (κ3) is 10.3. The minimum absolute atomic E-state index is 0.146. The molecule has 1 atom stereocenters. The monoisotopic (exact) mass is 471 g/mol. The number of rotatable bonds is 6. The number of pyridine rings is 1. The summed E-state index contributed by atoms with van der Waals surface area (Å²) in [4.78, 5) is 55.9. The van der Waals surface area contributed by atoms with Crippen LogP contribution in [0.15, 0.2) is 18.2 Å². The van der Waals surface area contributed by atoms with Crippen molar-refractivity contribution in [3.05, 3.63) is 29.6 Å². The first kappa shape index (κ1) is 24.7. The molecule has 29 heavy (non-hydrogen) atoms. The summed E-state index contributed by atoms with van der Waals surface area (Å²) >= 11 is 0. The molecule has 0 saturated carbocycles. The summed E-state index contributed by atoms with van der Waals surface area (Å²) in [6.07, 6.45) is -1.09. The van der Waals surface area contributed by atoms with Crippen LogP contribution in [0.4, 0.5) is 0 Å². The summed E-state index contributed by atoms with van der Waals surface area (Å²) < 4.78 is 34.3. The molecule has 12 nitrogen and oxygen atoms in total. The Morgan fingerprint density at radius 1 is 0.862 bits per heavy atom. The Bertz CT molecular complexity index is 748. The van der Waals surface area contributed by atoms with Gasteiger partial charge in [-0.15, -0.1) is 0 Å². The quantitative estimate of drug-likeness (QED) is 0.351. The smallest absolute Gasteiger partial charge is 0.324 e. The molecule has 1 aliphatic rings. The van der Waals surface area contributed by atoms with Crippen molar-refractivity contribution in [2.45, 2.75) is 13.1 Å². The normalized spacial score (nSPS) is 19.4. The average molecular weight is 471 g/mol. The molecule has 2 bridgehead atoms. The maximum absolute atomic E-state index is 11.5. The lowest BCUT2D eigenvalue weighted by Gasteiger charge is -2.29. The highest BCUT2D eigenvalue weighted by atomic mass is 31.2. The van der Waals surface area contributed by atoms with Gasteiger partial charge in [0, 0.05) is 39.3 Å². The van der Waals surface area contributed by atoms with Gasteiger partial charge in [-0.3, -0.25) is 28.8 Å². The van der Waals surface area contributed by atoms with Gasteiger partial charge in [0.15, 0.2) is 0 Å². The number of hydrogen-bond donors (Lipinski definition) is 5. The highest BCUT2D eigenvalue weighted by Gasteiger charge is 2.26. The van der Waals surface area contributed by atoms with Crippen molar-refractivity contribution in [2.75, 3.05) is 45.0 Å². The second-order valence-corrected chi connectivity index (χ2v) is 11.2. The second kappa shape index (κ2) is 10.6. The van der Waals surface area contributed by atoms with E-state index < -0.39 is 35.8 Å². The Morgan fingerprint density at radius 3 is 1.66 bits per heavy atom. The fourth-order valence-electron chi connectivity index (χ4n) is 3.07. The Labute approximate surface area is 169 Å². The van der Waals surface area contributed by atoms with E-state index in [2.05, 4.69) is 4.98 Å². The van der Waals surface area contributed by atoms with Crippen LogP contribution in [0.1, 0.15) is 11.4 Å². The molecular weight excluding hydrogens is 445 g/mol. The Kier molecular flexibility index (Phi) is 9.03. The summed E-state index contributed by atoms with van der Waals surface area (Å²) in [5, 5.41) is 0. The van der Waals surface area contributed by atoms with Crippen molar-refractivity contribution < 1.29 is 38.2 Å². The first-order chi connectivity index (χ1) is 13.4. The van der Waals surface area contributed by atoms with E-state index in [1.807, 2.05) is 0 Å². The summed E-state index contributed by atoms with van der Waals surface area (Å²) in [5.41, 5.74) is 1.12. The highest BCUT2D eigenvalue weighted by Crippen LogP contribution is 2.36. The molecule has 1 aromatic heterocycles.